The van der Waals surface area contributed by atoms with Gasteiger partial charge in [-0.25, -0.2) is 13.5 Å². The van der Waals surface area contributed by atoms with Crippen LogP contribution in [0.3, 0.4) is 0 Å². The zero-order chi connectivity index (χ0) is 21.3. The molecule has 2 amide bonds. The minimum atomic E-state index is -1.17. The largest absolute Gasteiger partial charge is 0.366 e. The standard InChI is InChI=1S/C17H12F2N6O4/c1-8-15(22-23-24(8)9-3-2-4-10(5-9)25(28)29)17(27)21-14-6-11(16(20)26)12(18)7-13(14)19/h2-7H,1H3,(H2,20,26)(H,21,27). The molecule has 29 heavy (non-hydrogen) atoms. The molecule has 1 aromatic heterocycles. The lowest BCUT2D eigenvalue weighted by Gasteiger charge is -2.08. The molecule has 0 saturated carbocycles. The van der Waals surface area contributed by atoms with E-state index < -0.39 is 39.6 Å². The van der Waals surface area contributed by atoms with Gasteiger partial charge in [0.2, 0.25) is 0 Å². The number of hydrogen-bond donors (Lipinski definition) is 2. The highest BCUT2D eigenvalue weighted by molar-refractivity contribution is 6.04. The Morgan fingerprint density at radius 3 is 2.59 bits per heavy atom. The van der Waals surface area contributed by atoms with Crippen molar-refractivity contribution in [1.29, 1.82) is 0 Å². The number of nitro benzene ring substituents is 1. The van der Waals surface area contributed by atoms with Crippen molar-refractivity contribution in [3.8, 4) is 5.69 Å². The molecule has 0 spiro atoms. The number of nitrogens with one attached hydrogen (secondary N) is 1. The van der Waals surface area contributed by atoms with Crippen LogP contribution in [0.2, 0.25) is 0 Å². The average Bonchev–Trinajstić information content (AvgIpc) is 3.05. The zero-order valence-corrected chi connectivity index (χ0v) is 14.7. The first-order chi connectivity index (χ1) is 13.7. The number of non-ortho nitro benzene ring substituents is 1. The highest BCUT2D eigenvalue weighted by atomic mass is 19.1. The van der Waals surface area contributed by atoms with E-state index in [9.17, 15) is 28.5 Å². The predicted molar refractivity (Wildman–Crippen MR) is 95.6 cm³/mol. The fraction of sp³-hybridized carbons (Fsp3) is 0.0588. The number of primary amides is 1. The maximum atomic E-state index is 13.9. The van der Waals surface area contributed by atoms with Gasteiger partial charge in [-0.1, -0.05) is 11.3 Å². The van der Waals surface area contributed by atoms with Crippen LogP contribution in [-0.2, 0) is 0 Å². The lowest BCUT2D eigenvalue weighted by molar-refractivity contribution is -0.384. The van der Waals surface area contributed by atoms with Gasteiger partial charge in [0, 0.05) is 18.2 Å². The third-order valence-corrected chi connectivity index (χ3v) is 3.97. The minimum absolute atomic E-state index is 0.184. The van der Waals surface area contributed by atoms with Crippen LogP contribution < -0.4 is 11.1 Å². The van der Waals surface area contributed by atoms with Gasteiger partial charge < -0.3 is 11.1 Å². The Kier molecular flexibility index (Phi) is 5.00. The van der Waals surface area contributed by atoms with Crippen molar-refractivity contribution >= 4 is 23.2 Å². The fourth-order valence-corrected chi connectivity index (χ4v) is 2.54. The van der Waals surface area contributed by atoms with Crippen LogP contribution >= 0.6 is 0 Å². The third-order valence-electron chi connectivity index (χ3n) is 3.97. The first-order valence-electron chi connectivity index (χ1n) is 7.96. The number of rotatable bonds is 5. The topological polar surface area (TPSA) is 146 Å². The molecule has 148 valence electrons. The highest BCUT2D eigenvalue weighted by Crippen LogP contribution is 2.22. The monoisotopic (exact) mass is 402 g/mol. The summed E-state index contributed by atoms with van der Waals surface area (Å²) in [6.07, 6.45) is 0. The minimum Gasteiger partial charge on any atom is -0.366 e. The number of hydrogen-bond acceptors (Lipinski definition) is 6. The van der Waals surface area contributed by atoms with E-state index in [1.807, 2.05) is 0 Å². The van der Waals surface area contributed by atoms with Gasteiger partial charge in [-0.15, -0.1) is 5.10 Å². The van der Waals surface area contributed by atoms with Crippen LogP contribution in [0, 0.1) is 28.7 Å². The fourth-order valence-electron chi connectivity index (χ4n) is 2.54. The van der Waals surface area contributed by atoms with Gasteiger partial charge in [0.25, 0.3) is 17.5 Å². The normalized spacial score (nSPS) is 10.6. The molecule has 1 heterocycles. The molecule has 0 bridgehead atoms. The van der Waals surface area contributed by atoms with E-state index in [0.29, 0.717) is 6.07 Å². The molecule has 0 saturated heterocycles. The number of anilines is 1. The molecule has 0 atom stereocenters. The van der Waals surface area contributed by atoms with E-state index in [-0.39, 0.29) is 22.8 Å². The molecule has 0 radical (unpaired) electrons. The zero-order valence-electron chi connectivity index (χ0n) is 14.7. The second-order valence-electron chi connectivity index (χ2n) is 5.84. The number of nitrogens with zero attached hydrogens (tertiary/aromatic N) is 4. The van der Waals surface area contributed by atoms with Crippen molar-refractivity contribution in [1.82, 2.24) is 15.0 Å². The maximum Gasteiger partial charge on any atom is 0.278 e. The van der Waals surface area contributed by atoms with Gasteiger partial charge in [-0.05, 0) is 19.1 Å². The molecule has 10 nitrogen and oxygen atoms in total. The summed E-state index contributed by atoms with van der Waals surface area (Å²) in [7, 11) is 0. The molecular formula is C17H12F2N6O4. The summed E-state index contributed by atoms with van der Waals surface area (Å²) >= 11 is 0. The van der Waals surface area contributed by atoms with Crippen molar-refractivity contribution in [2.24, 2.45) is 5.73 Å². The lowest BCUT2D eigenvalue weighted by atomic mass is 10.1. The molecular weight excluding hydrogens is 390 g/mol. The van der Waals surface area contributed by atoms with Gasteiger partial charge >= 0.3 is 0 Å². The molecule has 12 heteroatoms. The molecule has 0 aliphatic rings. The summed E-state index contributed by atoms with van der Waals surface area (Å²) in [4.78, 5) is 34.0. The number of nitrogens with two attached hydrogens (primary N) is 1. The Bertz CT molecular complexity index is 1160. The Labute approximate surface area is 161 Å². The van der Waals surface area contributed by atoms with Gasteiger partial charge in [0.15, 0.2) is 5.69 Å². The molecule has 0 unspecified atom stereocenters. The molecule has 0 aliphatic carbocycles. The highest BCUT2D eigenvalue weighted by Gasteiger charge is 2.21. The number of nitro groups is 1. The molecule has 3 N–H and O–H groups in total. The van der Waals surface area contributed by atoms with Crippen molar-refractivity contribution in [3.63, 3.8) is 0 Å². The number of benzene rings is 2. The van der Waals surface area contributed by atoms with Crippen LogP contribution in [0.1, 0.15) is 26.5 Å². The quantitative estimate of drug-likeness (QED) is 0.494. The van der Waals surface area contributed by atoms with Crippen LogP contribution in [0.25, 0.3) is 5.69 Å². The number of aromatic nitrogens is 3. The number of amides is 2. The van der Waals surface area contributed by atoms with Gasteiger partial charge in [-0.2, -0.15) is 0 Å². The summed E-state index contributed by atoms with van der Waals surface area (Å²) in [5, 5.41) is 20.6. The first kappa shape index (κ1) is 19.5. The van der Waals surface area contributed by atoms with Crippen LogP contribution in [0.5, 0.6) is 0 Å². The van der Waals surface area contributed by atoms with E-state index in [1.54, 1.807) is 0 Å². The summed E-state index contributed by atoms with van der Waals surface area (Å²) in [6, 6.07) is 6.68. The summed E-state index contributed by atoms with van der Waals surface area (Å²) in [5.41, 5.74) is 4.04. The first-order valence-corrected chi connectivity index (χ1v) is 7.96. The Hall–Kier alpha value is -4.22. The smallest absolute Gasteiger partial charge is 0.278 e. The van der Waals surface area contributed by atoms with E-state index in [2.05, 4.69) is 15.6 Å². The van der Waals surface area contributed by atoms with Crippen molar-refractivity contribution < 1.29 is 23.3 Å². The van der Waals surface area contributed by atoms with E-state index >= 15 is 0 Å². The summed E-state index contributed by atoms with van der Waals surface area (Å²) < 4.78 is 28.7. The Morgan fingerprint density at radius 2 is 1.93 bits per heavy atom. The summed E-state index contributed by atoms with van der Waals surface area (Å²) in [5.74, 6) is -4.31. The third kappa shape index (κ3) is 3.76. The second kappa shape index (κ2) is 7.42. The van der Waals surface area contributed by atoms with Crippen molar-refractivity contribution in [3.05, 3.63) is 75.1 Å². The Morgan fingerprint density at radius 1 is 1.21 bits per heavy atom. The SMILES string of the molecule is Cc1c(C(=O)Nc2cc(C(N)=O)c(F)cc2F)nnn1-c1cccc([N+](=O)[O-])c1. The van der Waals surface area contributed by atoms with E-state index in [1.165, 1.54) is 35.9 Å². The maximum absolute atomic E-state index is 13.9. The summed E-state index contributed by atoms with van der Waals surface area (Å²) in [6.45, 7) is 1.48. The van der Waals surface area contributed by atoms with Crippen LogP contribution in [-0.4, -0.2) is 31.7 Å². The predicted octanol–water partition coefficient (Wildman–Crippen LogP) is 2.11. The molecule has 3 rings (SSSR count). The second-order valence-corrected chi connectivity index (χ2v) is 5.84. The molecule has 0 aliphatic heterocycles. The Balaban J connectivity index is 1.93. The average molecular weight is 402 g/mol. The van der Waals surface area contributed by atoms with Crippen LogP contribution in [0.4, 0.5) is 20.2 Å². The van der Waals surface area contributed by atoms with Gasteiger partial charge in [0.1, 0.15) is 11.6 Å². The number of carbonyl (C=O) groups is 2. The van der Waals surface area contributed by atoms with E-state index in [0.717, 1.165) is 6.07 Å². The lowest BCUT2D eigenvalue weighted by Crippen LogP contribution is -2.18. The van der Waals surface area contributed by atoms with Gasteiger partial charge in [0.05, 0.1) is 27.6 Å². The van der Waals surface area contributed by atoms with Gasteiger partial charge in [-0.3, -0.25) is 19.7 Å². The van der Waals surface area contributed by atoms with E-state index in [4.69, 9.17) is 5.73 Å². The number of halogens is 2. The van der Waals surface area contributed by atoms with Crippen molar-refractivity contribution in [2.45, 2.75) is 6.92 Å². The molecule has 3 aromatic rings. The molecule has 2 aromatic carbocycles. The number of carbonyl (C=O) groups excluding carboxylic acids is 2. The van der Waals surface area contributed by atoms with Crippen molar-refractivity contribution in [2.75, 3.05) is 5.32 Å². The van der Waals surface area contributed by atoms with Crippen LogP contribution in [0.15, 0.2) is 36.4 Å². The molecule has 0 fully saturated rings.